The van der Waals surface area contributed by atoms with E-state index in [1.807, 2.05) is 36.6 Å². The van der Waals surface area contributed by atoms with Crippen molar-refractivity contribution in [1.82, 2.24) is 4.98 Å². The molecule has 0 unspecified atom stereocenters. The first-order valence-corrected chi connectivity index (χ1v) is 8.87. The van der Waals surface area contributed by atoms with Crippen molar-refractivity contribution in [3.8, 4) is 11.3 Å². The molecule has 0 aliphatic rings. The molecule has 2 heterocycles. The fraction of sp³-hybridized carbons (Fsp3) is 0.211. The summed E-state index contributed by atoms with van der Waals surface area (Å²) in [5, 5.41) is 4.96. The van der Waals surface area contributed by atoms with Gasteiger partial charge in [0.15, 0.2) is 11.7 Å². The lowest BCUT2D eigenvalue weighted by molar-refractivity contribution is -0.119. The van der Waals surface area contributed by atoms with Crippen molar-refractivity contribution in [3.05, 3.63) is 58.4 Å². The number of thiazole rings is 1. The summed E-state index contributed by atoms with van der Waals surface area (Å²) in [6.07, 6.45) is 0. The summed E-state index contributed by atoms with van der Waals surface area (Å²) in [4.78, 5) is 28.3. The quantitative estimate of drug-likeness (QED) is 0.683. The van der Waals surface area contributed by atoms with Gasteiger partial charge in [0.2, 0.25) is 0 Å². The maximum atomic E-state index is 12.0. The van der Waals surface area contributed by atoms with Crippen LogP contribution < -0.4 is 5.32 Å². The first kappa shape index (κ1) is 17.9. The molecule has 2 aromatic heterocycles. The van der Waals surface area contributed by atoms with Crippen LogP contribution in [0.3, 0.4) is 0 Å². The van der Waals surface area contributed by atoms with Crippen LogP contribution in [0, 0.1) is 20.8 Å². The minimum Gasteiger partial charge on any atom is -0.466 e. The Morgan fingerprint density at radius 2 is 1.92 bits per heavy atom. The van der Waals surface area contributed by atoms with Gasteiger partial charge >= 0.3 is 5.97 Å². The number of carbonyl (C=O) groups excluding carboxylic acids is 2. The van der Waals surface area contributed by atoms with E-state index in [9.17, 15) is 9.59 Å². The lowest BCUT2D eigenvalue weighted by Crippen LogP contribution is -2.20. The van der Waals surface area contributed by atoms with Gasteiger partial charge in [0, 0.05) is 10.9 Å². The van der Waals surface area contributed by atoms with Crippen molar-refractivity contribution in [1.29, 1.82) is 0 Å². The molecule has 0 saturated heterocycles. The average Bonchev–Trinajstić information content (AvgIpc) is 3.19. The predicted molar refractivity (Wildman–Crippen MR) is 99.4 cm³/mol. The van der Waals surface area contributed by atoms with Crippen molar-refractivity contribution < 1.29 is 18.7 Å². The Morgan fingerprint density at radius 3 is 2.58 bits per heavy atom. The minimum atomic E-state index is -0.589. The molecule has 1 aromatic carbocycles. The Bertz CT molecular complexity index is 941. The number of nitrogens with zero attached hydrogens (tertiary/aromatic N) is 1. The zero-order chi connectivity index (χ0) is 18.7. The molecule has 134 valence electrons. The lowest BCUT2D eigenvalue weighted by atomic mass is 10.1. The number of benzene rings is 1. The van der Waals surface area contributed by atoms with E-state index in [4.69, 9.17) is 9.15 Å². The van der Waals surface area contributed by atoms with Crippen LogP contribution in [-0.2, 0) is 9.53 Å². The molecule has 3 aromatic rings. The zero-order valence-electron chi connectivity index (χ0n) is 14.7. The summed E-state index contributed by atoms with van der Waals surface area (Å²) in [5.74, 6) is 0.0518. The summed E-state index contributed by atoms with van der Waals surface area (Å²) >= 11 is 1.31. The highest BCUT2D eigenvalue weighted by Gasteiger charge is 2.17. The van der Waals surface area contributed by atoms with Gasteiger partial charge in [-0.1, -0.05) is 29.8 Å². The Morgan fingerprint density at radius 1 is 1.19 bits per heavy atom. The zero-order valence-corrected chi connectivity index (χ0v) is 15.5. The number of amides is 1. The highest BCUT2D eigenvalue weighted by Crippen LogP contribution is 2.25. The van der Waals surface area contributed by atoms with E-state index in [1.165, 1.54) is 16.9 Å². The van der Waals surface area contributed by atoms with Crippen molar-refractivity contribution in [2.45, 2.75) is 20.8 Å². The van der Waals surface area contributed by atoms with Gasteiger partial charge in [-0.3, -0.25) is 10.1 Å². The Balaban J connectivity index is 1.56. The van der Waals surface area contributed by atoms with Crippen LogP contribution >= 0.6 is 11.3 Å². The van der Waals surface area contributed by atoms with Crippen molar-refractivity contribution in [2.75, 3.05) is 11.9 Å². The normalized spacial score (nSPS) is 10.6. The molecular weight excluding hydrogens is 352 g/mol. The fourth-order valence-electron chi connectivity index (χ4n) is 2.39. The third-order valence-corrected chi connectivity index (χ3v) is 4.45. The molecule has 0 atom stereocenters. The molecule has 0 radical (unpaired) electrons. The summed E-state index contributed by atoms with van der Waals surface area (Å²) in [5.41, 5.74) is 3.25. The largest absolute Gasteiger partial charge is 0.466 e. The molecular formula is C19H18N2O4S. The molecule has 26 heavy (non-hydrogen) atoms. The Kier molecular flexibility index (Phi) is 5.18. The van der Waals surface area contributed by atoms with Gasteiger partial charge in [0.25, 0.3) is 5.91 Å². The second-order valence-corrected chi connectivity index (χ2v) is 6.71. The van der Waals surface area contributed by atoms with Gasteiger partial charge in [-0.15, -0.1) is 11.3 Å². The number of nitrogens with one attached hydrogen (secondary N) is 1. The smallest absolute Gasteiger partial charge is 0.342 e. The topological polar surface area (TPSA) is 81.4 Å². The van der Waals surface area contributed by atoms with E-state index in [0.717, 1.165) is 11.3 Å². The van der Waals surface area contributed by atoms with Crippen LogP contribution in [0.15, 0.2) is 40.1 Å². The molecule has 3 rings (SSSR count). The number of aryl methyl sites for hydroxylation is 3. The number of ether oxygens (including phenoxy) is 1. The van der Waals surface area contributed by atoms with Gasteiger partial charge in [-0.05, 0) is 26.8 Å². The highest BCUT2D eigenvalue weighted by molar-refractivity contribution is 7.14. The van der Waals surface area contributed by atoms with E-state index in [1.54, 1.807) is 19.9 Å². The molecule has 6 nitrogen and oxygen atoms in total. The minimum absolute atomic E-state index is 0.325. The molecule has 7 heteroatoms. The molecule has 0 bridgehead atoms. The number of rotatable bonds is 5. The number of hydrogen-bond donors (Lipinski definition) is 1. The number of anilines is 1. The highest BCUT2D eigenvalue weighted by atomic mass is 32.1. The summed E-state index contributed by atoms with van der Waals surface area (Å²) in [6.45, 7) is 5.04. The van der Waals surface area contributed by atoms with Crippen LogP contribution in [0.2, 0.25) is 0 Å². The average molecular weight is 370 g/mol. The van der Waals surface area contributed by atoms with Gasteiger partial charge in [-0.25, -0.2) is 9.78 Å². The van der Waals surface area contributed by atoms with Gasteiger partial charge in [0.05, 0.1) is 5.69 Å². The standard InChI is InChI=1S/C19H18N2O4S/c1-11-4-6-14(7-5-11)16-10-26-19(20-16)21-17(22)9-24-18(23)15-8-12(2)25-13(15)3/h4-8,10H,9H2,1-3H3,(H,20,21,22). The molecule has 1 amide bonds. The van der Waals surface area contributed by atoms with Crippen LogP contribution in [0.25, 0.3) is 11.3 Å². The van der Waals surface area contributed by atoms with Gasteiger partial charge in [0.1, 0.15) is 17.1 Å². The second-order valence-electron chi connectivity index (χ2n) is 5.86. The van der Waals surface area contributed by atoms with Crippen LogP contribution in [0.1, 0.15) is 27.4 Å². The maximum absolute atomic E-state index is 12.0. The van der Waals surface area contributed by atoms with E-state index < -0.39 is 11.9 Å². The monoisotopic (exact) mass is 370 g/mol. The molecule has 0 spiro atoms. The fourth-order valence-corrected chi connectivity index (χ4v) is 3.12. The summed E-state index contributed by atoms with van der Waals surface area (Å²) in [6, 6.07) is 9.56. The third-order valence-electron chi connectivity index (χ3n) is 3.69. The molecule has 1 N–H and O–H groups in total. The number of hydrogen-bond acceptors (Lipinski definition) is 6. The van der Waals surface area contributed by atoms with E-state index >= 15 is 0 Å². The maximum Gasteiger partial charge on any atom is 0.342 e. The van der Waals surface area contributed by atoms with E-state index in [0.29, 0.717) is 22.2 Å². The number of furan rings is 1. The summed E-state index contributed by atoms with van der Waals surface area (Å²) in [7, 11) is 0. The number of carbonyl (C=O) groups is 2. The van der Waals surface area contributed by atoms with Gasteiger partial charge < -0.3 is 9.15 Å². The third kappa shape index (κ3) is 4.18. The van der Waals surface area contributed by atoms with E-state index in [2.05, 4.69) is 10.3 Å². The van der Waals surface area contributed by atoms with Gasteiger partial charge in [-0.2, -0.15) is 0 Å². The van der Waals surface area contributed by atoms with Crippen molar-refractivity contribution in [2.24, 2.45) is 0 Å². The first-order valence-electron chi connectivity index (χ1n) is 7.99. The molecule has 0 saturated carbocycles. The van der Waals surface area contributed by atoms with Crippen LogP contribution in [-0.4, -0.2) is 23.5 Å². The predicted octanol–water partition coefficient (Wildman–Crippen LogP) is 4.12. The van der Waals surface area contributed by atoms with Crippen LogP contribution in [0.5, 0.6) is 0 Å². The van der Waals surface area contributed by atoms with E-state index in [-0.39, 0.29) is 6.61 Å². The summed E-state index contributed by atoms with van der Waals surface area (Å²) < 4.78 is 10.3. The first-order chi connectivity index (χ1) is 12.4. The number of aromatic nitrogens is 1. The lowest BCUT2D eigenvalue weighted by Gasteiger charge is -2.04. The Hall–Kier alpha value is -2.93. The van der Waals surface area contributed by atoms with Crippen molar-refractivity contribution >= 4 is 28.3 Å². The SMILES string of the molecule is Cc1ccc(-c2csc(NC(=O)COC(=O)c3cc(C)oc3C)n2)cc1. The second kappa shape index (κ2) is 7.53. The molecule has 0 fully saturated rings. The Labute approximate surface area is 154 Å². The van der Waals surface area contributed by atoms with Crippen molar-refractivity contribution in [3.63, 3.8) is 0 Å². The molecule has 0 aliphatic carbocycles. The number of esters is 1. The van der Waals surface area contributed by atoms with Crippen LogP contribution in [0.4, 0.5) is 5.13 Å². The molecule has 0 aliphatic heterocycles.